The summed E-state index contributed by atoms with van der Waals surface area (Å²) in [5.41, 5.74) is 0.495. The van der Waals surface area contributed by atoms with E-state index in [1.807, 2.05) is 6.92 Å². The predicted octanol–water partition coefficient (Wildman–Crippen LogP) is 3.40. The Morgan fingerprint density at radius 2 is 2.22 bits per heavy atom. The summed E-state index contributed by atoms with van der Waals surface area (Å²) in [7, 11) is 1.57. The van der Waals surface area contributed by atoms with Gasteiger partial charge in [-0.2, -0.15) is 0 Å². The Bertz CT molecular complexity index is 663. The van der Waals surface area contributed by atoms with Gasteiger partial charge in [-0.05, 0) is 25.1 Å². The second kappa shape index (κ2) is 8.14. The number of halogens is 1. The second-order valence-electron chi connectivity index (χ2n) is 4.60. The van der Waals surface area contributed by atoms with Gasteiger partial charge in [0, 0.05) is 17.1 Å². The topological polar surface area (TPSA) is 59.0 Å². The van der Waals surface area contributed by atoms with Crippen LogP contribution >= 0.6 is 39.9 Å². The molecule has 1 fully saturated rings. The molecule has 1 amide bonds. The molecule has 8 heteroatoms. The van der Waals surface area contributed by atoms with E-state index < -0.39 is 0 Å². The number of phenols is 1. The number of ether oxygens (including phenoxy) is 2. The van der Waals surface area contributed by atoms with Crippen molar-refractivity contribution in [3.05, 3.63) is 27.1 Å². The fraction of sp³-hybridized carbons (Fsp3) is 0.333. The van der Waals surface area contributed by atoms with Gasteiger partial charge in [0.25, 0.3) is 5.91 Å². The summed E-state index contributed by atoms with van der Waals surface area (Å²) >= 11 is 9.81. The Labute approximate surface area is 152 Å². The minimum absolute atomic E-state index is 0.00258. The quantitative estimate of drug-likeness (QED) is 0.565. The molecule has 1 aliphatic rings. The van der Waals surface area contributed by atoms with E-state index in [0.29, 0.717) is 40.3 Å². The lowest BCUT2D eigenvalue weighted by molar-refractivity contribution is -0.122. The standard InChI is InChI=1S/C15H16BrNO4S2/c1-3-21-11-8-10(16)6-9(13(11)18)7-12-14(19)17(4-5-20-2)15(22)23-12/h6-8,18H,3-5H2,1-2H3/b12-7-. The molecule has 0 spiro atoms. The highest BCUT2D eigenvalue weighted by atomic mass is 79.9. The summed E-state index contributed by atoms with van der Waals surface area (Å²) in [6.45, 7) is 3.09. The monoisotopic (exact) mass is 417 g/mol. The Kier molecular flexibility index (Phi) is 6.46. The average molecular weight is 418 g/mol. The van der Waals surface area contributed by atoms with E-state index in [2.05, 4.69) is 15.9 Å². The van der Waals surface area contributed by atoms with Gasteiger partial charge in [0.05, 0.1) is 24.7 Å². The number of rotatable bonds is 6. The summed E-state index contributed by atoms with van der Waals surface area (Å²) in [5, 5.41) is 10.3. The van der Waals surface area contributed by atoms with Crippen LogP contribution < -0.4 is 4.74 Å². The summed E-state index contributed by atoms with van der Waals surface area (Å²) in [4.78, 5) is 14.4. The molecule has 0 atom stereocenters. The van der Waals surface area contributed by atoms with Crippen LogP contribution in [0.2, 0.25) is 0 Å². The Hall–Kier alpha value is -1.09. The van der Waals surface area contributed by atoms with E-state index in [0.717, 1.165) is 4.47 Å². The average Bonchev–Trinajstić information content (AvgIpc) is 2.76. The van der Waals surface area contributed by atoms with Crippen LogP contribution in [-0.4, -0.2) is 47.1 Å². The van der Waals surface area contributed by atoms with Crippen LogP contribution in [0.4, 0.5) is 0 Å². The summed E-state index contributed by atoms with van der Waals surface area (Å²) < 4.78 is 11.6. The van der Waals surface area contributed by atoms with Gasteiger partial charge in [-0.15, -0.1) is 0 Å². The molecule has 0 aromatic heterocycles. The highest BCUT2D eigenvalue weighted by Gasteiger charge is 2.31. The van der Waals surface area contributed by atoms with Gasteiger partial charge in [0.15, 0.2) is 11.5 Å². The number of aromatic hydroxyl groups is 1. The third-order valence-electron chi connectivity index (χ3n) is 3.05. The molecule has 5 nitrogen and oxygen atoms in total. The molecule has 0 bridgehead atoms. The van der Waals surface area contributed by atoms with Gasteiger partial charge in [-0.1, -0.05) is 39.9 Å². The molecule has 1 N–H and O–H groups in total. The van der Waals surface area contributed by atoms with Crippen molar-refractivity contribution in [1.82, 2.24) is 4.90 Å². The summed E-state index contributed by atoms with van der Waals surface area (Å²) in [6, 6.07) is 3.40. The van der Waals surface area contributed by atoms with Crippen LogP contribution in [0.25, 0.3) is 6.08 Å². The predicted molar refractivity (Wildman–Crippen MR) is 98.7 cm³/mol. The molecule has 1 aliphatic heterocycles. The molecule has 1 heterocycles. The third-order valence-corrected chi connectivity index (χ3v) is 4.88. The summed E-state index contributed by atoms with van der Waals surface area (Å²) in [6.07, 6.45) is 1.62. The molecule has 0 radical (unpaired) electrons. The van der Waals surface area contributed by atoms with Crippen LogP contribution in [0.15, 0.2) is 21.5 Å². The number of carbonyl (C=O) groups excluding carboxylic acids is 1. The molecule has 124 valence electrons. The zero-order valence-electron chi connectivity index (χ0n) is 12.7. The van der Waals surface area contributed by atoms with E-state index in [1.54, 1.807) is 25.3 Å². The van der Waals surface area contributed by atoms with Crippen molar-refractivity contribution in [3.63, 3.8) is 0 Å². The number of benzene rings is 1. The lowest BCUT2D eigenvalue weighted by atomic mass is 10.1. The maximum atomic E-state index is 12.4. The second-order valence-corrected chi connectivity index (χ2v) is 7.19. The number of hydrogen-bond acceptors (Lipinski definition) is 6. The zero-order valence-corrected chi connectivity index (χ0v) is 15.9. The van der Waals surface area contributed by atoms with E-state index >= 15 is 0 Å². The Morgan fingerprint density at radius 1 is 1.48 bits per heavy atom. The first-order valence-electron chi connectivity index (χ1n) is 6.87. The van der Waals surface area contributed by atoms with Crippen molar-refractivity contribution in [3.8, 4) is 11.5 Å². The molecule has 0 aliphatic carbocycles. The SMILES string of the molecule is CCOc1cc(Br)cc(/C=C2\SC(=S)N(CCOC)C2=O)c1O. The van der Waals surface area contributed by atoms with E-state index in [4.69, 9.17) is 21.7 Å². The fourth-order valence-corrected chi connectivity index (χ4v) is 3.74. The first-order valence-corrected chi connectivity index (χ1v) is 8.89. The molecule has 1 aromatic rings. The minimum Gasteiger partial charge on any atom is -0.504 e. The number of methoxy groups -OCH3 is 1. The van der Waals surface area contributed by atoms with E-state index in [1.165, 1.54) is 16.7 Å². The van der Waals surface area contributed by atoms with Crippen molar-refractivity contribution in [2.24, 2.45) is 0 Å². The lowest BCUT2D eigenvalue weighted by Crippen LogP contribution is -2.31. The number of hydrogen-bond donors (Lipinski definition) is 1. The van der Waals surface area contributed by atoms with Crippen LogP contribution in [-0.2, 0) is 9.53 Å². The molecule has 1 saturated heterocycles. The highest BCUT2D eigenvalue weighted by Crippen LogP contribution is 2.38. The third kappa shape index (κ3) is 4.26. The number of thioether (sulfide) groups is 1. The largest absolute Gasteiger partial charge is 0.504 e. The first-order chi connectivity index (χ1) is 11.0. The summed E-state index contributed by atoms with van der Waals surface area (Å²) in [5.74, 6) is 0.176. The minimum atomic E-state index is -0.186. The number of nitrogens with zero attached hydrogens (tertiary/aromatic N) is 1. The fourth-order valence-electron chi connectivity index (χ4n) is 1.99. The van der Waals surface area contributed by atoms with Gasteiger partial charge in [-0.3, -0.25) is 9.69 Å². The van der Waals surface area contributed by atoms with Crippen LogP contribution in [0.1, 0.15) is 12.5 Å². The number of thiocarbonyl (C=S) groups is 1. The highest BCUT2D eigenvalue weighted by molar-refractivity contribution is 9.10. The van der Waals surface area contributed by atoms with Crippen molar-refractivity contribution in [2.75, 3.05) is 26.9 Å². The maximum Gasteiger partial charge on any atom is 0.266 e. The van der Waals surface area contributed by atoms with Gasteiger partial charge in [0.1, 0.15) is 4.32 Å². The molecule has 0 saturated carbocycles. The van der Waals surface area contributed by atoms with E-state index in [9.17, 15) is 9.90 Å². The maximum absolute atomic E-state index is 12.4. The smallest absolute Gasteiger partial charge is 0.266 e. The van der Waals surface area contributed by atoms with Crippen molar-refractivity contribution in [1.29, 1.82) is 0 Å². The molecular formula is C15H16BrNO4S2. The molecule has 23 heavy (non-hydrogen) atoms. The number of carbonyl (C=O) groups is 1. The van der Waals surface area contributed by atoms with Crippen molar-refractivity contribution >= 4 is 56.2 Å². The van der Waals surface area contributed by atoms with Gasteiger partial charge < -0.3 is 14.6 Å². The zero-order chi connectivity index (χ0) is 17.0. The Morgan fingerprint density at radius 3 is 2.87 bits per heavy atom. The number of phenolic OH excluding ortho intramolecular Hbond substituents is 1. The van der Waals surface area contributed by atoms with Gasteiger partial charge in [-0.25, -0.2) is 0 Å². The Balaban J connectivity index is 2.32. The van der Waals surface area contributed by atoms with E-state index in [-0.39, 0.29) is 11.7 Å². The van der Waals surface area contributed by atoms with Crippen LogP contribution in [0.3, 0.4) is 0 Å². The van der Waals surface area contributed by atoms with Crippen molar-refractivity contribution < 1.29 is 19.4 Å². The molecular weight excluding hydrogens is 402 g/mol. The normalized spacial score (nSPS) is 16.5. The molecule has 0 unspecified atom stereocenters. The van der Waals surface area contributed by atoms with Crippen molar-refractivity contribution in [2.45, 2.75) is 6.92 Å². The van der Waals surface area contributed by atoms with Gasteiger partial charge >= 0.3 is 0 Å². The lowest BCUT2D eigenvalue weighted by Gasteiger charge is -2.13. The van der Waals surface area contributed by atoms with Crippen LogP contribution in [0.5, 0.6) is 11.5 Å². The molecule has 2 rings (SSSR count). The van der Waals surface area contributed by atoms with Crippen LogP contribution in [0, 0.1) is 0 Å². The number of amides is 1. The first kappa shape index (κ1) is 18.3. The van der Waals surface area contributed by atoms with Gasteiger partial charge in [0.2, 0.25) is 0 Å². The molecule has 1 aromatic carbocycles.